The fourth-order valence-corrected chi connectivity index (χ4v) is 3.73. The fraction of sp³-hybridized carbons (Fsp3) is 0.200. The van der Waals surface area contributed by atoms with Crippen LogP contribution in [0.2, 0.25) is 0 Å². The number of esters is 1. The molecule has 0 N–H and O–H groups in total. The molecule has 1 aromatic heterocycles. The van der Waals surface area contributed by atoms with Crippen LogP contribution in [0.1, 0.15) is 28.0 Å². The van der Waals surface area contributed by atoms with Gasteiger partial charge in [0.1, 0.15) is 11.5 Å². The minimum atomic E-state index is -0.458. The lowest BCUT2D eigenvalue weighted by Crippen LogP contribution is -2.06. The van der Waals surface area contributed by atoms with Gasteiger partial charge < -0.3 is 14.2 Å². The predicted octanol–water partition coefficient (Wildman–Crippen LogP) is 5.56. The third-order valence-corrected chi connectivity index (χ3v) is 5.57. The SMILES string of the molecule is Cc1ccc(C)c(OCCCOc2ccccc2C=C2N=C(c3cccs3)OC2=O)c1. The van der Waals surface area contributed by atoms with E-state index in [2.05, 4.69) is 24.0 Å². The average molecular weight is 434 g/mol. The van der Waals surface area contributed by atoms with Gasteiger partial charge in [0.25, 0.3) is 0 Å². The second-order valence-corrected chi connectivity index (χ2v) is 8.12. The number of thiophene rings is 1. The van der Waals surface area contributed by atoms with Crippen molar-refractivity contribution in [2.75, 3.05) is 13.2 Å². The highest BCUT2D eigenvalue weighted by Crippen LogP contribution is 2.26. The maximum absolute atomic E-state index is 12.2. The largest absolute Gasteiger partial charge is 0.493 e. The van der Waals surface area contributed by atoms with E-state index in [1.165, 1.54) is 16.9 Å². The molecule has 0 amide bonds. The summed E-state index contributed by atoms with van der Waals surface area (Å²) in [7, 11) is 0. The van der Waals surface area contributed by atoms with Crippen LogP contribution in [-0.4, -0.2) is 25.1 Å². The molecule has 1 aliphatic heterocycles. The van der Waals surface area contributed by atoms with Crippen LogP contribution < -0.4 is 9.47 Å². The summed E-state index contributed by atoms with van der Waals surface area (Å²) in [5.74, 6) is 1.48. The molecule has 0 bridgehead atoms. The van der Waals surface area contributed by atoms with Crippen LogP contribution in [0.15, 0.2) is 70.7 Å². The van der Waals surface area contributed by atoms with Crippen molar-refractivity contribution < 1.29 is 19.0 Å². The number of cyclic esters (lactones) is 1. The number of hydrogen-bond donors (Lipinski definition) is 0. The molecule has 1 aliphatic rings. The van der Waals surface area contributed by atoms with E-state index in [1.54, 1.807) is 6.08 Å². The van der Waals surface area contributed by atoms with Crippen molar-refractivity contribution in [3.05, 3.63) is 87.2 Å². The van der Waals surface area contributed by atoms with Gasteiger partial charge in [-0.1, -0.05) is 36.4 Å². The lowest BCUT2D eigenvalue weighted by atomic mass is 10.1. The number of hydrogen-bond acceptors (Lipinski definition) is 6. The Kier molecular flexibility index (Phi) is 6.48. The van der Waals surface area contributed by atoms with Crippen LogP contribution in [-0.2, 0) is 9.53 Å². The van der Waals surface area contributed by atoms with Gasteiger partial charge in [0.15, 0.2) is 5.70 Å². The zero-order chi connectivity index (χ0) is 21.6. The Balaban J connectivity index is 1.37. The van der Waals surface area contributed by atoms with Gasteiger partial charge in [-0.25, -0.2) is 9.79 Å². The van der Waals surface area contributed by atoms with E-state index in [0.29, 0.717) is 24.9 Å². The van der Waals surface area contributed by atoms with Gasteiger partial charge in [0.05, 0.1) is 18.1 Å². The maximum atomic E-state index is 12.2. The Hall–Kier alpha value is -3.38. The number of benzene rings is 2. The molecule has 0 saturated heterocycles. The number of para-hydroxylation sites is 1. The van der Waals surface area contributed by atoms with Crippen LogP contribution in [0.3, 0.4) is 0 Å². The summed E-state index contributed by atoms with van der Waals surface area (Å²) in [6, 6.07) is 17.5. The number of ether oxygens (including phenoxy) is 3. The summed E-state index contributed by atoms with van der Waals surface area (Å²) in [6.07, 6.45) is 2.44. The molecule has 4 rings (SSSR count). The Morgan fingerprint density at radius 2 is 1.81 bits per heavy atom. The molecule has 31 heavy (non-hydrogen) atoms. The molecule has 0 fully saturated rings. The third kappa shape index (κ3) is 5.22. The zero-order valence-electron chi connectivity index (χ0n) is 17.5. The van der Waals surface area contributed by atoms with E-state index >= 15 is 0 Å². The molecular formula is C25H23NO4S. The molecule has 0 saturated carbocycles. The number of nitrogens with zero attached hydrogens (tertiary/aromatic N) is 1. The first-order valence-electron chi connectivity index (χ1n) is 10.1. The first-order valence-corrected chi connectivity index (χ1v) is 11.0. The highest BCUT2D eigenvalue weighted by molar-refractivity contribution is 7.12. The van der Waals surface area contributed by atoms with E-state index < -0.39 is 5.97 Å². The van der Waals surface area contributed by atoms with Gasteiger partial charge in [0, 0.05) is 12.0 Å². The van der Waals surface area contributed by atoms with E-state index in [4.69, 9.17) is 14.2 Å². The van der Waals surface area contributed by atoms with Gasteiger partial charge >= 0.3 is 5.97 Å². The zero-order valence-corrected chi connectivity index (χ0v) is 18.3. The highest BCUT2D eigenvalue weighted by atomic mass is 32.1. The first kappa shape index (κ1) is 20.9. The molecule has 5 nitrogen and oxygen atoms in total. The minimum Gasteiger partial charge on any atom is -0.493 e. The smallest absolute Gasteiger partial charge is 0.363 e. The standard InChI is InChI=1S/C25H23NO4S/c1-17-10-11-18(2)22(15-17)29-13-6-12-28-21-8-4-3-7-19(21)16-20-25(27)30-24(26-20)23-9-5-14-31-23/h3-5,7-11,14-16H,6,12-13H2,1-2H3. The Morgan fingerprint density at radius 3 is 2.61 bits per heavy atom. The fourth-order valence-electron chi connectivity index (χ4n) is 3.08. The van der Waals surface area contributed by atoms with Crippen LogP contribution >= 0.6 is 11.3 Å². The van der Waals surface area contributed by atoms with Crippen molar-refractivity contribution in [1.82, 2.24) is 0 Å². The number of carbonyl (C=O) groups excluding carboxylic acids is 1. The van der Waals surface area contributed by atoms with Crippen molar-refractivity contribution >= 4 is 29.3 Å². The topological polar surface area (TPSA) is 57.1 Å². The van der Waals surface area contributed by atoms with Gasteiger partial charge in [-0.05, 0) is 54.6 Å². The molecule has 0 radical (unpaired) electrons. The van der Waals surface area contributed by atoms with Crippen molar-refractivity contribution in [1.29, 1.82) is 0 Å². The quantitative estimate of drug-likeness (QED) is 0.265. The van der Waals surface area contributed by atoms with Gasteiger partial charge in [0.2, 0.25) is 5.90 Å². The Labute approximate surface area is 185 Å². The minimum absolute atomic E-state index is 0.262. The summed E-state index contributed by atoms with van der Waals surface area (Å²) in [5, 5.41) is 1.92. The van der Waals surface area contributed by atoms with Crippen molar-refractivity contribution in [2.24, 2.45) is 4.99 Å². The van der Waals surface area contributed by atoms with Gasteiger partial charge in [-0.3, -0.25) is 0 Å². The summed E-state index contributed by atoms with van der Waals surface area (Å²) in [5.41, 5.74) is 3.34. The van der Waals surface area contributed by atoms with E-state index in [9.17, 15) is 4.79 Å². The molecule has 0 unspecified atom stereocenters. The number of carbonyl (C=O) groups is 1. The molecule has 0 atom stereocenters. The van der Waals surface area contributed by atoms with Gasteiger partial charge in [-0.15, -0.1) is 11.3 Å². The lowest BCUT2D eigenvalue weighted by Gasteiger charge is -2.12. The molecule has 0 aliphatic carbocycles. The van der Waals surface area contributed by atoms with Gasteiger partial charge in [-0.2, -0.15) is 0 Å². The molecular weight excluding hydrogens is 410 g/mol. The summed E-state index contributed by atoms with van der Waals surface area (Å²) < 4.78 is 17.1. The van der Waals surface area contributed by atoms with Crippen molar-refractivity contribution in [2.45, 2.75) is 20.3 Å². The van der Waals surface area contributed by atoms with E-state index in [1.807, 2.05) is 54.8 Å². The van der Waals surface area contributed by atoms with Crippen LogP contribution in [0.5, 0.6) is 11.5 Å². The predicted molar refractivity (Wildman–Crippen MR) is 123 cm³/mol. The third-order valence-electron chi connectivity index (χ3n) is 4.71. The Morgan fingerprint density at radius 1 is 1.00 bits per heavy atom. The van der Waals surface area contributed by atoms with Crippen LogP contribution in [0, 0.1) is 13.8 Å². The second kappa shape index (κ2) is 9.62. The van der Waals surface area contributed by atoms with Crippen molar-refractivity contribution in [3.8, 4) is 11.5 Å². The summed E-state index contributed by atoms with van der Waals surface area (Å²) in [6.45, 7) is 5.15. The Bertz CT molecular complexity index is 1130. The number of rotatable bonds is 8. The van der Waals surface area contributed by atoms with E-state index in [-0.39, 0.29) is 5.70 Å². The molecule has 6 heteroatoms. The number of aryl methyl sites for hydroxylation is 2. The average Bonchev–Trinajstić information content (AvgIpc) is 3.42. The highest BCUT2D eigenvalue weighted by Gasteiger charge is 2.25. The molecule has 2 heterocycles. The number of aliphatic imine (C=N–C) groups is 1. The second-order valence-electron chi connectivity index (χ2n) is 7.17. The van der Waals surface area contributed by atoms with E-state index in [0.717, 1.165) is 28.2 Å². The molecule has 158 valence electrons. The van der Waals surface area contributed by atoms with Crippen LogP contribution in [0.4, 0.5) is 0 Å². The molecule has 0 spiro atoms. The molecule has 2 aromatic carbocycles. The molecule has 3 aromatic rings. The first-order chi connectivity index (χ1) is 15.1. The lowest BCUT2D eigenvalue weighted by molar-refractivity contribution is -0.129. The summed E-state index contributed by atoms with van der Waals surface area (Å²) >= 11 is 1.48. The monoisotopic (exact) mass is 433 g/mol. The van der Waals surface area contributed by atoms with Crippen LogP contribution in [0.25, 0.3) is 6.08 Å². The summed E-state index contributed by atoms with van der Waals surface area (Å²) in [4.78, 5) is 17.4. The normalized spacial score (nSPS) is 14.5. The maximum Gasteiger partial charge on any atom is 0.363 e. The van der Waals surface area contributed by atoms with Crippen molar-refractivity contribution in [3.63, 3.8) is 0 Å².